The van der Waals surface area contributed by atoms with Gasteiger partial charge < -0.3 is 10.4 Å². The zero-order valence-corrected chi connectivity index (χ0v) is 16.2. The molecule has 0 aliphatic rings. The zero-order chi connectivity index (χ0) is 20.3. The number of amides is 1. The lowest BCUT2D eigenvalue weighted by Crippen LogP contribution is -2.27. The maximum absolute atomic E-state index is 12.5. The van der Waals surface area contributed by atoms with E-state index < -0.39 is 12.0 Å². The van der Waals surface area contributed by atoms with Crippen molar-refractivity contribution < 1.29 is 14.7 Å². The summed E-state index contributed by atoms with van der Waals surface area (Å²) in [6, 6.07) is 10.5. The first-order chi connectivity index (χ1) is 13.4. The highest BCUT2D eigenvalue weighted by Gasteiger charge is 2.18. The van der Waals surface area contributed by atoms with Gasteiger partial charge in [-0.25, -0.2) is 4.79 Å². The molecule has 0 spiro atoms. The number of aromatic carboxylic acids is 1. The Hall–Kier alpha value is -2.96. The lowest BCUT2D eigenvalue weighted by Gasteiger charge is -2.16. The van der Waals surface area contributed by atoms with Crippen LogP contribution in [0.4, 0.5) is 0 Å². The van der Waals surface area contributed by atoms with Gasteiger partial charge in [0.15, 0.2) is 0 Å². The third-order valence-electron chi connectivity index (χ3n) is 4.07. The molecule has 0 bridgehead atoms. The Morgan fingerprint density at radius 3 is 2.25 bits per heavy atom. The molecule has 8 heteroatoms. The maximum atomic E-state index is 12.5. The summed E-state index contributed by atoms with van der Waals surface area (Å²) >= 11 is 11.9. The SMILES string of the molecule is CC(NC(=O)c1ccc(Cl)c(Cl)c1)c1nccnc1-c1ccc(C(=O)O)cc1. The number of rotatable bonds is 5. The van der Waals surface area contributed by atoms with Gasteiger partial charge in [0.25, 0.3) is 5.91 Å². The van der Waals surface area contributed by atoms with Gasteiger partial charge in [0.1, 0.15) is 0 Å². The van der Waals surface area contributed by atoms with Crippen LogP contribution in [0, 0.1) is 0 Å². The van der Waals surface area contributed by atoms with E-state index >= 15 is 0 Å². The molecule has 3 aromatic rings. The molecule has 6 nitrogen and oxygen atoms in total. The summed E-state index contributed by atoms with van der Waals surface area (Å²) in [7, 11) is 0. The number of carboxylic acids is 1. The summed E-state index contributed by atoms with van der Waals surface area (Å²) in [5.41, 5.74) is 2.36. The molecule has 142 valence electrons. The molecule has 1 aromatic heterocycles. The number of nitrogens with one attached hydrogen (secondary N) is 1. The van der Waals surface area contributed by atoms with E-state index in [1.807, 2.05) is 0 Å². The standard InChI is InChI=1S/C20H15Cl2N3O3/c1-11(25-19(26)14-6-7-15(21)16(22)10-14)17-18(24-9-8-23-17)12-2-4-13(5-3-12)20(27)28/h2-11H,1H3,(H,25,26)(H,27,28). The number of hydrogen-bond donors (Lipinski definition) is 2. The molecule has 2 N–H and O–H groups in total. The van der Waals surface area contributed by atoms with Crippen LogP contribution in [-0.4, -0.2) is 27.0 Å². The predicted octanol–water partition coefficient (Wildman–Crippen LogP) is 4.64. The van der Waals surface area contributed by atoms with Crippen molar-refractivity contribution in [2.24, 2.45) is 0 Å². The number of hydrogen-bond acceptors (Lipinski definition) is 4. The third-order valence-corrected chi connectivity index (χ3v) is 4.81. The lowest BCUT2D eigenvalue weighted by atomic mass is 10.0. The fourth-order valence-corrected chi connectivity index (χ4v) is 2.94. The van der Waals surface area contributed by atoms with Crippen LogP contribution in [0.3, 0.4) is 0 Å². The van der Waals surface area contributed by atoms with Crippen molar-refractivity contribution in [3.05, 3.63) is 81.7 Å². The van der Waals surface area contributed by atoms with Crippen molar-refractivity contribution in [3.63, 3.8) is 0 Å². The molecule has 0 radical (unpaired) electrons. The molecule has 0 aliphatic carbocycles. The topological polar surface area (TPSA) is 92.2 Å². The Bertz CT molecular complexity index is 1040. The van der Waals surface area contributed by atoms with Crippen molar-refractivity contribution in [2.45, 2.75) is 13.0 Å². The van der Waals surface area contributed by atoms with Gasteiger partial charge in [-0.05, 0) is 37.3 Å². The molecule has 0 saturated heterocycles. The van der Waals surface area contributed by atoms with Crippen LogP contribution in [0.5, 0.6) is 0 Å². The summed E-state index contributed by atoms with van der Waals surface area (Å²) in [6.07, 6.45) is 3.07. The Balaban J connectivity index is 1.86. The number of nitrogens with zero attached hydrogens (tertiary/aromatic N) is 2. The van der Waals surface area contributed by atoms with Crippen molar-refractivity contribution >= 4 is 35.1 Å². The summed E-state index contributed by atoms with van der Waals surface area (Å²) in [5, 5.41) is 12.6. The van der Waals surface area contributed by atoms with Gasteiger partial charge in [0.2, 0.25) is 0 Å². The molecule has 0 aliphatic heterocycles. The largest absolute Gasteiger partial charge is 0.478 e. The van der Waals surface area contributed by atoms with Gasteiger partial charge in [0, 0.05) is 23.5 Å². The molecular weight excluding hydrogens is 401 g/mol. The Labute approximate surface area is 171 Å². The molecule has 0 saturated carbocycles. The second-order valence-electron chi connectivity index (χ2n) is 6.00. The van der Waals surface area contributed by atoms with Crippen molar-refractivity contribution in [2.75, 3.05) is 0 Å². The normalized spacial score (nSPS) is 11.7. The van der Waals surface area contributed by atoms with Gasteiger partial charge in [-0.2, -0.15) is 0 Å². The molecule has 28 heavy (non-hydrogen) atoms. The third kappa shape index (κ3) is 4.30. The van der Waals surface area contributed by atoms with Gasteiger partial charge in [0.05, 0.1) is 33.0 Å². The summed E-state index contributed by atoms with van der Waals surface area (Å²) in [4.78, 5) is 32.3. The number of carbonyl (C=O) groups is 2. The average molecular weight is 416 g/mol. The van der Waals surface area contributed by atoms with E-state index in [0.717, 1.165) is 0 Å². The van der Waals surface area contributed by atoms with Crippen LogP contribution in [0.15, 0.2) is 54.9 Å². The van der Waals surface area contributed by atoms with Gasteiger partial charge in [-0.3, -0.25) is 14.8 Å². The van der Waals surface area contributed by atoms with Crippen LogP contribution >= 0.6 is 23.2 Å². The first-order valence-electron chi connectivity index (χ1n) is 8.27. The fourth-order valence-electron chi connectivity index (χ4n) is 2.64. The summed E-state index contributed by atoms with van der Waals surface area (Å²) in [6.45, 7) is 1.79. The molecule has 1 amide bonds. The van der Waals surface area contributed by atoms with Crippen LogP contribution in [0.1, 0.15) is 39.4 Å². The zero-order valence-electron chi connectivity index (χ0n) is 14.7. The highest BCUT2D eigenvalue weighted by atomic mass is 35.5. The quantitative estimate of drug-likeness (QED) is 0.632. The number of aromatic nitrogens is 2. The van der Waals surface area contributed by atoms with E-state index in [1.165, 1.54) is 30.6 Å². The van der Waals surface area contributed by atoms with Crippen molar-refractivity contribution in [1.82, 2.24) is 15.3 Å². The Morgan fingerprint density at radius 1 is 0.964 bits per heavy atom. The molecule has 1 unspecified atom stereocenters. The minimum atomic E-state index is -1.01. The molecular formula is C20H15Cl2N3O3. The van der Waals surface area contributed by atoms with Crippen molar-refractivity contribution in [3.8, 4) is 11.3 Å². The number of carboxylic acid groups (broad SMARTS) is 1. The van der Waals surface area contributed by atoms with Crippen LogP contribution in [0.25, 0.3) is 11.3 Å². The van der Waals surface area contributed by atoms with Gasteiger partial charge in [-0.1, -0.05) is 35.3 Å². The highest BCUT2D eigenvalue weighted by Crippen LogP contribution is 2.26. The first kappa shape index (κ1) is 19.8. The fraction of sp³-hybridized carbons (Fsp3) is 0.100. The van der Waals surface area contributed by atoms with Gasteiger partial charge in [-0.15, -0.1) is 0 Å². The first-order valence-corrected chi connectivity index (χ1v) is 9.03. The number of benzene rings is 2. The maximum Gasteiger partial charge on any atom is 0.335 e. The van der Waals surface area contributed by atoms with E-state index in [2.05, 4.69) is 15.3 Å². The minimum Gasteiger partial charge on any atom is -0.478 e. The summed E-state index contributed by atoms with van der Waals surface area (Å²) < 4.78 is 0. The Kier molecular flexibility index (Phi) is 5.92. The summed E-state index contributed by atoms with van der Waals surface area (Å²) in [5.74, 6) is -1.34. The molecule has 2 aromatic carbocycles. The van der Waals surface area contributed by atoms with Crippen molar-refractivity contribution in [1.29, 1.82) is 0 Å². The molecule has 1 heterocycles. The van der Waals surface area contributed by atoms with E-state index in [-0.39, 0.29) is 11.5 Å². The molecule has 0 fully saturated rings. The van der Waals surface area contributed by atoms with Crippen LogP contribution in [0.2, 0.25) is 10.0 Å². The predicted molar refractivity (Wildman–Crippen MR) is 107 cm³/mol. The van der Waals surface area contributed by atoms with E-state index in [0.29, 0.717) is 32.6 Å². The molecule has 1 atom stereocenters. The number of halogens is 2. The second-order valence-corrected chi connectivity index (χ2v) is 6.81. The van der Waals surface area contributed by atoms with Crippen LogP contribution < -0.4 is 5.32 Å². The van der Waals surface area contributed by atoms with E-state index in [1.54, 1.807) is 31.2 Å². The molecule has 3 rings (SSSR count). The minimum absolute atomic E-state index is 0.176. The number of carbonyl (C=O) groups excluding carboxylic acids is 1. The monoisotopic (exact) mass is 415 g/mol. The van der Waals surface area contributed by atoms with Crippen LogP contribution in [-0.2, 0) is 0 Å². The Morgan fingerprint density at radius 2 is 1.61 bits per heavy atom. The smallest absolute Gasteiger partial charge is 0.335 e. The lowest BCUT2D eigenvalue weighted by molar-refractivity contribution is 0.0696. The van der Waals surface area contributed by atoms with E-state index in [4.69, 9.17) is 28.3 Å². The average Bonchev–Trinajstić information content (AvgIpc) is 2.70. The highest BCUT2D eigenvalue weighted by molar-refractivity contribution is 6.42. The second kappa shape index (κ2) is 8.37. The van der Waals surface area contributed by atoms with Gasteiger partial charge >= 0.3 is 5.97 Å². The van der Waals surface area contributed by atoms with E-state index in [9.17, 15) is 9.59 Å².